The van der Waals surface area contributed by atoms with Crippen LogP contribution in [0.15, 0.2) is 24.3 Å². The van der Waals surface area contributed by atoms with Crippen LogP contribution in [0.4, 0.5) is 11.4 Å². The number of benzene rings is 1. The van der Waals surface area contributed by atoms with Gasteiger partial charge in [0.15, 0.2) is 0 Å². The average Bonchev–Trinajstić information content (AvgIpc) is 2.15. The second-order valence-corrected chi connectivity index (χ2v) is 3.16. The summed E-state index contributed by atoms with van der Waals surface area (Å²) in [5.74, 6) is 0. The van der Waals surface area contributed by atoms with Crippen molar-refractivity contribution < 1.29 is 4.92 Å². The maximum absolute atomic E-state index is 10.3. The Morgan fingerprint density at radius 3 is 2.50 bits per heavy atom. The van der Waals surface area contributed by atoms with Crippen LogP contribution in [0.1, 0.15) is 6.92 Å². The SMILES string of the molecule is CC(N)CNc1ccc([N+](=O)[O-])cc1. The largest absolute Gasteiger partial charge is 0.383 e. The Morgan fingerprint density at radius 2 is 2.07 bits per heavy atom. The van der Waals surface area contributed by atoms with Gasteiger partial charge in [-0.05, 0) is 19.1 Å². The molecule has 0 aliphatic carbocycles. The second kappa shape index (κ2) is 4.57. The van der Waals surface area contributed by atoms with Gasteiger partial charge in [0.05, 0.1) is 4.92 Å². The molecule has 76 valence electrons. The molecule has 1 rings (SSSR count). The van der Waals surface area contributed by atoms with Crippen LogP contribution in [0.5, 0.6) is 0 Å². The first-order valence-corrected chi connectivity index (χ1v) is 4.33. The summed E-state index contributed by atoms with van der Waals surface area (Å²) in [6, 6.07) is 6.32. The molecule has 0 aliphatic heterocycles. The van der Waals surface area contributed by atoms with Gasteiger partial charge in [0.1, 0.15) is 0 Å². The van der Waals surface area contributed by atoms with Gasteiger partial charge in [-0.15, -0.1) is 0 Å². The summed E-state index contributed by atoms with van der Waals surface area (Å²) < 4.78 is 0. The minimum atomic E-state index is -0.421. The topological polar surface area (TPSA) is 81.2 Å². The summed E-state index contributed by atoms with van der Waals surface area (Å²) in [6.07, 6.45) is 0. The Bertz CT molecular complexity index is 308. The van der Waals surface area contributed by atoms with Crippen molar-refractivity contribution in [3.8, 4) is 0 Å². The molecule has 0 bridgehead atoms. The molecule has 1 atom stereocenters. The summed E-state index contributed by atoms with van der Waals surface area (Å²) in [4.78, 5) is 9.92. The number of non-ortho nitro benzene ring substituents is 1. The molecule has 5 heteroatoms. The van der Waals surface area contributed by atoms with Gasteiger partial charge in [0.25, 0.3) is 5.69 Å². The molecule has 3 N–H and O–H groups in total. The quantitative estimate of drug-likeness (QED) is 0.561. The molecule has 1 unspecified atom stereocenters. The molecular formula is C9H13N3O2. The smallest absolute Gasteiger partial charge is 0.269 e. The summed E-state index contributed by atoms with van der Waals surface area (Å²) in [5.41, 5.74) is 6.48. The number of rotatable bonds is 4. The summed E-state index contributed by atoms with van der Waals surface area (Å²) in [5, 5.41) is 13.4. The lowest BCUT2D eigenvalue weighted by Gasteiger charge is -2.08. The third-order valence-corrected chi connectivity index (χ3v) is 1.71. The van der Waals surface area contributed by atoms with E-state index in [-0.39, 0.29) is 11.7 Å². The van der Waals surface area contributed by atoms with Crippen molar-refractivity contribution >= 4 is 11.4 Å². The molecule has 0 heterocycles. The van der Waals surface area contributed by atoms with Crippen LogP contribution in [0.25, 0.3) is 0 Å². The van der Waals surface area contributed by atoms with Gasteiger partial charge in [-0.3, -0.25) is 10.1 Å². The molecule has 0 saturated heterocycles. The van der Waals surface area contributed by atoms with E-state index in [2.05, 4.69) is 5.32 Å². The number of nitro benzene ring substituents is 1. The number of nitrogens with two attached hydrogens (primary N) is 1. The van der Waals surface area contributed by atoms with Crippen molar-refractivity contribution in [3.63, 3.8) is 0 Å². The van der Waals surface area contributed by atoms with Crippen LogP contribution in [-0.2, 0) is 0 Å². The first-order valence-electron chi connectivity index (χ1n) is 4.33. The predicted octanol–water partition coefficient (Wildman–Crippen LogP) is 1.35. The van der Waals surface area contributed by atoms with Crippen LogP contribution in [-0.4, -0.2) is 17.5 Å². The Hall–Kier alpha value is -1.62. The zero-order valence-corrected chi connectivity index (χ0v) is 7.93. The Labute approximate surface area is 82.1 Å². The van der Waals surface area contributed by atoms with Gasteiger partial charge >= 0.3 is 0 Å². The van der Waals surface area contributed by atoms with Gasteiger partial charge in [-0.2, -0.15) is 0 Å². The van der Waals surface area contributed by atoms with Crippen LogP contribution in [0, 0.1) is 10.1 Å². The van der Waals surface area contributed by atoms with E-state index in [0.717, 1.165) is 5.69 Å². The highest BCUT2D eigenvalue weighted by molar-refractivity contribution is 5.48. The van der Waals surface area contributed by atoms with Crippen molar-refractivity contribution in [2.75, 3.05) is 11.9 Å². The summed E-state index contributed by atoms with van der Waals surface area (Å²) in [7, 11) is 0. The van der Waals surface area contributed by atoms with Gasteiger partial charge in [0.2, 0.25) is 0 Å². The van der Waals surface area contributed by atoms with Gasteiger partial charge < -0.3 is 11.1 Å². The Morgan fingerprint density at radius 1 is 1.50 bits per heavy atom. The highest BCUT2D eigenvalue weighted by atomic mass is 16.6. The molecule has 14 heavy (non-hydrogen) atoms. The number of hydrogen-bond acceptors (Lipinski definition) is 4. The lowest BCUT2D eigenvalue weighted by Crippen LogP contribution is -2.25. The summed E-state index contributed by atoms with van der Waals surface area (Å²) in [6.45, 7) is 2.54. The zero-order valence-electron chi connectivity index (χ0n) is 7.93. The molecule has 0 aliphatic rings. The van der Waals surface area contributed by atoms with Gasteiger partial charge in [0, 0.05) is 30.4 Å². The van der Waals surface area contributed by atoms with Crippen LogP contribution >= 0.6 is 0 Å². The van der Waals surface area contributed by atoms with Crippen LogP contribution in [0.2, 0.25) is 0 Å². The molecule has 1 aromatic carbocycles. The average molecular weight is 195 g/mol. The molecule has 0 saturated carbocycles. The monoisotopic (exact) mass is 195 g/mol. The van der Waals surface area contributed by atoms with E-state index in [4.69, 9.17) is 5.73 Å². The molecule has 0 amide bonds. The van der Waals surface area contributed by atoms with Crippen molar-refractivity contribution in [1.29, 1.82) is 0 Å². The lowest BCUT2D eigenvalue weighted by molar-refractivity contribution is -0.384. The second-order valence-electron chi connectivity index (χ2n) is 3.16. The number of nitro groups is 1. The molecule has 1 aromatic rings. The van der Waals surface area contributed by atoms with Crippen LogP contribution in [0.3, 0.4) is 0 Å². The van der Waals surface area contributed by atoms with Crippen molar-refractivity contribution in [3.05, 3.63) is 34.4 Å². The highest BCUT2D eigenvalue weighted by Crippen LogP contribution is 2.14. The van der Waals surface area contributed by atoms with E-state index in [1.807, 2.05) is 6.92 Å². The number of nitrogens with zero attached hydrogens (tertiary/aromatic N) is 1. The molecule has 5 nitrogen and oxygen atoms in total. The third kappa shape index (κ3) is 3.02. The van der Waals surface area contributed by atoms with E-state index in [9.17, 15) is 10.1 Å². The molecule has 0 fully saturated rings. The fourth-order valence-electron chi connectivity index (χ4n) is 0.980. The van der Waals surface area contributed by atoms with E-state index in [1.165, 1.54) is 12.1 Å². The first-order chi connectivity index (χ1) is 6.59. The van der Waals surface area contributed by atoms with Crippen molar-refractivity contribution in [2.24, 2.45) is 5.73 Å². The minimum Gasteiger partial charge on any atom is -0.383 e. The molecule has 0 radical (unpaired) electrons. The van der Waals surface area contributed by atoms with Crippen molar-refractivity contribution in [2.45, 2.75) is 13.0 Å². The summed E-state index contributed by atoms with van der Waals surface area (Å²) >= 11 is 0. The lowest BCUT2D eigenvalue weighted by atomic mass is 10.2. The van der Waals surface area contributed by atoms with E-state index in [0.29, 0.717) is 6.54 Å². The maximum atomic E-state index is 10.3. The van der Waals surface area contributed by atoms with E-state index < -0.39 is 4.92 Å². The number of hydrogen-bond donors (Lipinski definition) is 2. The van der Waals surface area contributed by atoms with Gasteiger partial charge in [-0.1, -0.05) is 0 Å². The Kier molecular flexibility index (Phi) is 3.41. The van der Waals surface area contributed by atoms with Crippen molar-refractivity contribution in [1.82, 2.24) is 0 Å². The van der Waals surface area contributed by atoms with E-state index >= 15 is 0 Å². The maximum Gasteiger partial charge on any atom is 0.269 e. The van der Waals surface area contributed by atoms with Gasteiger partial charge in [-0.25, -0.2) is 0 Å². The number of nitrogens with one attached hydrogen (secondary N) is 1. The molecule has 0 spiro atoms. The highest BCUT2D eigenvalue weighted by Gasteiger charge is 2.03. The first kappa shape index (κ1) is 10.5. The fourth-order valence-corrected chi connectivity index (χ4v) is 0.980. The fraction of sp³-hybridized carbons (Fsp3) is 0.333. The minimum absolute atomic E-state index is 0.0604. The Balaban J connectivity index is 2.60. The third-order valence-electron chi connectivity index (χ3n) is 1.71. The zero-order chi connectivity index (χ0) is 10.6. The standard InChI is InChI=1S/C9H13N3O2/c1-7(10)6-11-8-2-4-9(5-3-8)12(13)14/h2-5,7,11H,6,10H2,1H3. The van der Waals surface area contributed by atoms with Crippen LogP contribution < -0.4 is 11.1 Å². The molecule has 0 aromatic heterocycles. The number of anilines is 1. The normalized spacial score (nSPS) is 12.1. The van der Waals surface area contributed by atoms with E-state index in [1.54, 1.807) is 12.1 Å². The molecular weight excluding hydrogens is 182 g/mol. The predicted molar refractivity (Wildman–Crippen MR) is 55.2 cm³/mol.